The summed E-state index contributed by atoms with van der Waals surface area (Å²) in [6.45, 7) is 3.88. The fraction of sp³-hybridized carbons (Fsp3) is 0.357. The summed E-state index contributed by atoms with van der Waals surface area (Å²) in [6.07, 6.45) is 3.43. The molecule has 0 unspecified atom stereocenters. The lowest BCUT2D eigenvalue weighted by Crippen LogP contribution is -1.97. The first-order valence-electron chi connectivity index (χ1n) is 5.53. The van der Waals surface area contributed by atoms with E-state index in [1.54, 1.807) is 7.11 Å². The van der Waals surface area contributed by atoms with Crippen LogP contribution in [-0.2, 0) is 4.79 Å². The molecule has 0 aliphatic heterocycles. The molecular formula is C14H18O2. The molecule has 0 aliphatic rings. The first kappa shape index (κ1) is 12.5. The Kier molecular flexibility index (Phi) is 4.77. The lowest BCUT2D eigenvalue weighted by atomic mass is 10.1. The minimum atomic E-state index is 0.221. The molecule has 0 fully saturated rings. The Balaban J connectivity index is 2.77. The summed E-state index contributed by atoms with van der Waals surface area (Å²) in [4.78, 5) is 11.6. The summed E-state index contributed by atoms with van der Waals surface area (Å²) >= 11 is 0. The summed E-state index contributed by atoms with van der Waals surface area (Å²) in [7, 11) is 1.64. The quantitative estimate of drug-likeness (QED) is 0.707. The van der Waals surface area contributed by atoms with Gasteiger partial charge in [-0.25, -0.2) is 0 Å². The smallest absolute Gasteiger partial charge is 0.158 e. The van der Waals surface area contributed by atoms with Crippen LogP contribution in [0.3, 0.4) is 0 Å². The second-order valence-corrected chi connectivity index (χ2v) is 3.77. The lowest BCUT2D eigenvalue weighted by Gasteiger charge is -2.01. The van der Waals surface area contributed by atoms with Crippen molar-refractivity contribution < 1.29 is 9.53 Å². The van der Waals surface area contributed by atoms with Gasteiger partial charge in [0.05, 0.1) is 7.11 Å². The lowest BCUT2D eigenvalue weighted by molar-refractivity contribution is -0.115. The van der Waals surface area contributed by atoms with E-state index in [-0.39, 0.29) is 5.78 Å². The Labute approximate surface area is 96.9 Å². The van der Waals surface area contributed by atoms with Crippen LogP contribution in [0.2, 0.25) is 0 Å². The monoisotopic (exact) mass is 218 g/mol. The van der Waals surface area contributed by atoms with Gasteiger partial charge < -0.3 is 4.74 Å². The Bertz CT molecular complexity index is 374. The number of methoxy groups -OCH3 is 1. The average Bonchev–Trinajstić information content (AvgIpc) is 2.30. The Morgan fingerprint density at radius 3 is 2.44 bits per heavy atom. The SMILES string of the molecule is CCCC(=O)/C(C)=C/c1ccc(OC)cc1. The zero-order chi connectivity index (χ0) is 12.0. The van der Waals surface area contributed by atoms with Gasteiger partial charge in [0.25, 0.3) is 0 Å². The highest BCUT2D eigenvalue weighted by atomic mass is 16.5. The number of allylic oxidation sites excluding steroid dienone is 1. The molecule has 0 radical (unpaired) electrons. The summed E-state index contributed by atoms with van der Waals surface area (Å²) < 4.78 is 5.07. The van der Waals surface area contributed by atoms with E-state index < -0.39 is 0 Å². The summed E-state index contributed by atoms with van der Waals surface area (Å²) in [5.41, 5.74) is 1.84. The molecule has 0 N–H and O–H groups in total. The number of ketones is 1. The van der Waals surface area contributed by atoms with Gasteiger partial charge in [0.15, 0.2) is 5.78 Å². The number of carbonyl (C=O) groups is 1. The maximum atomic E-state index is 11.6. The average molecular weight is 218 g/mol. The van der Waals surface area contributed by atoms with Gasteiger partial charge in [-0.05, 0) is 42.7 Å². The largest absolute Gasteiger partial charge is 0.497 e. The number of rotatable bonds is 5. The molecule has 0 saturated carbocycles. The molecular weight excluding hydrogens is 200 g/mol. The Morgan fingerprint density at radius 1 is 1.31 bits per heavy atom. The molecule has 0 bridgehead atoms. The second kappa shape index (κ2) is 6.11. The summed E-state index contributed by atoms with van der Waals surface area (Å²) in [5.74, 6) is 1.05. The Hall–Kier alpha value is -1.57. The molecule has 0 atom stereocenters. The van der Waals surface area contributed by atoms with E-state index in [1.807, 2.05) is 44.2 Å². The summed E-state index contributed by atoms with van der Waals surface area (Å²) in [6, 6.07) is 7.68. The fourth-order valence-corrected chi connectivity index (χ4v) is 1.45. The van der Waals surface area contributed by atoms with E-state index in [2.05, 4.69) is 0 Å². The van der Waals surface area contributed by atoms with E-state index in [0.717, 1.165) is 23.3 Å². The van der Waals surface area contributed by atoms with Crippen LogP contribution < -0.4 is 4.74 Å². The highest BCUT2D eigenvalue weighted by molar-refractivity contribution is 5.98. The van der Waals surface area contributed by atoms with Gasteiger partial charge in [-0.1, -0.05) is 19.1 Å². The maximum absolute atomic E-state index is 11.6. The van der Waals surface area contributed by atoms with Gasteiger partial charge in [0.2, 0.25) is 0 Å². The van der Waals surface area contributed by atoms with Crippen LogP contribution in [0.15, 0.2) is 29.8 Å². The van der Waals surface area contributed by atoms with Crippen molar-refractivity contribution in [3.05, 3.63) is 35.4 Å². The second-order valence-electron chi connectivity index (χ2n) is 3.77. The maximum Gasteiger partial charge on any atom is 0.158 e. The van der Waals surface area contributed by atoms with Crippen molar-refractivity contribution in [2.45, 2.75) is 26.7 Å². The highest BCUT2D eigenvalue weighted by Gasteiger charge is 2.02. The first-order chi connectivity index (χ1) is 7.67. The minimum absolute atomic E-state index is 0.221. The molecule has 0 aliphatic carbocycles. The minimum Gasteiger partial charge on any atom is -0.497 e. The molecule has 0 amide bonds. The molecule has 2 nitrogen and oxygen atoms in total. The standard InChI is InChI=1S/C14H18O2/c1-4-5-14(15)11(2)10-12-6-8-13(16-3)9-7-12/h6-10H,4-5H2,1-3H3/b11-10+. The predicted molar refractivity (Wildman–Crippen MR) is 66.6 cm³/mol. The van der Waals surface area contributed by atoms with E-state index in [1.165, 1.54) is 0 Å². The van der Waals surface area contributed by atoms with Gasteiger partial charge in [0, 0.05) is 6.42 Å². The van der Waals surface area contributed by atoms with Crippen molar-refractivity contribution in [1.29, 1.82) is 0 Å². The molecule has 16 heavy (non-hydrogen) atoms. The normalized spacial score (nSPS) is 11.3. The molecule has 2 heteroatoms. The molecule has 0 saturated heterocycles. The van der Waals surface area contributed by atoms with Crippen LogP contribution in [0.5, 0.6) is 5.75 Å². The van der Waals surface area contributed by atoms with Crippen LogP contribution in [-0.4, -0.2) is 12.9 Å². The van der Waals surface area contributed by atoms with Crippen LogP contribution in [0.25, 0.3) is 6.08 Å². The highest BCUT2D eigenvalue weighted by Crippen LogP contribution is 2.14. The van der Waals surface area contributed by atoms with Crippen LogP contribution in [0.1, 0.15) is 32.3 Å². The van der Waals surface area contributed by atoms with Crippen molar-refractivity contribution in [2.24, 2.45) is 0 Å². The molecule has 1 aromatic rings. The van der Waals surface area contributed by atoms with Crippen molar-refractivity contribution in [3.8, 4) is 5.75 Å². The number of Topliss-reactive ketones (excluding diaryl/α,β-unsaturated/α-hetero) is 1. The molecule has 86 valence electrons. The molecule has 1 aromatic carbocycles. The molecule has 0 aromatic heterocycles. The van der Waals surface area contributed by atoms with Gasteiger partial charge in [-0.2, -0.15) is 0 Å². The van der Waals surface area contributed by atoms with Crippen molar-refractivity contribution in [3.63, 3.8) is 0 Å². The fourth-order valence-electron chi connectivity index (χ4n) is 1.45. The van der Waals surface area contributed by atoms with Crippen LogP contribution in [0, 0.1) is 0 Å². The van der Waals surface area contributed by atoms with Crippen molar-refractivity contribution >= 4 is 11.9 Å². The van der Waals surface area contributed by atoms with Gasteiger partial charge in [0.1, 0.15) is 5.75 Å². The zero-order valence-corrected chi connectivity index (χ0v) is 10.1. The third-order valence-electron chi connectivity index (χ3n) is 2.42. The van der Waals surface area contributed by atoms with Crippen LogP contribution >= 0.6 is 0 Å². The van der Waals surface area contributed by atoms with Gasteiger partial charge in [-0.3, -0.25) is 4.79 Å². The molecule has 0 heterocycles. The number of hydrogen-bond acceptors (Lipinski definition) is 2. The van der Waals surface area contributed by atoms with Crippen molar-refractivity contribution in [1.82, 2.24) is 0 Å². The van der Waals surface area contributed by atoms with E-state index in [4.69, 9.17) is 4.74 Å². The number of benzene rings is 1. The van der Waals surface area contributed by atoms with Crippen molar-refractivity contribution in [2.75, 3.05) is 7.11 Å². The van der Waals surface area contributed by atoms with E-state index in [0.29, 0.717) is 6.42 Å². The topological polar surface area (TPSA) is 26.3 Å². The number of carbonyl (C=O) groups excluding carboxylic acids is 1. The zero-order valence-electron chi connectivity index (χ0n) is 10.1. The molecule has 1 rings (SSSR count). The van der Waals surface area contributed by atoms with Gasteiger partial charge in [-0.15, -0.1) is 0 Å². The first-order valence-corrected chi connectivity index (χ1v) is 5.53. The van der Waals surface area contributed by atoms with Crippen LogP contribution in [0.4, 0.5) is 0 Å². The third-order valence-corrected chi connectivity index (χ3v) is 2.42. The third kappa shape index (κ3) is 3.54. The van der Waals surface area contributed by atoms with E-state index in [9.17, 15) is 4.79 Å². The molecule has 0 spiro atoms. The number of ether oxygens (including phenoxy) is 1. The number of hydrogen-bond donors (Lipinski definition) is 0. The Morgan fingerprint density at radius 2 is 1.94 bits per heavy atom. The van der Waals surface area contributed by atoms with E-state index >= 15 is 0 Å². The summed E-state index contributed by atoms with van der Waals surface area (Å²) in [5, 5.41) is 0. The predicted octanol–water partition coefficient (Wildman–Crippen LogP) is 3.47. The van der Waals surface area contributed by atoms with Gasteiger partial charge >= 0.3 is 0 Å².